The summed E-state index contributed by atoms with van der Waals surface area (Å²) in [4.78, 5) is 14.7. The Morgan fingerprint density at radius 3 is 3.08 bits per heavy atom. The Hall–Kier alpha value is -1.66. The number of likely N-dealkylation sites (tertiary alicyclic amines) is 1. The monoisotopic (exact) mass is 346 g/mol. The first kappa shape index (κ1) is 18.1. The Labute approximate surface area is 150 Å². The van der Waals surface area contributed by atoms with Gasteiger partial charge in [-0.15, -0.1) is 0 Å². The molecule has 2 saturated heterocycles. The van der Waals surface area contributed by atoms with Crippen LogP contribution in [0, 0.1) is 5.92 Å². The summed E-state index contributed by atoms with van der Waals surface area (Å²) in [6, 6.07) is 2.16. The molecule has 0 aliphatic carbocycles. The van der Waals surface area contributed by atoms with E-state index in [2.05, 4.69) is 22.2 Å². The zero-order valence-electron chi connectivity index (χ0n) is 15.4. The molecule has 138 valence electrons. The van der Waals surface area contributed by atoms with Crippen molar-refractivity contribution in [2.45, 2.75) is 51.8 Å². The minimum absolute atomic E-state index is 0.0201. The molecule has 0 bridgehead atoms. The highest BCUT2D eigenvalue weighted by molar-refractivity contribution is 5.91. The first-order valence-electron chi connectivity index (χ1n) is 9.50. The number of hydrogen-bond acceptors (Lipinski definition) is 4. The van der Waals surface area contributed by atoms with Crippen molar-refractivity contribution in [2.75, 3.05) is 26.2 Å². The van der Waals surface area contributed by atoms with Crippen molar-refractivity contribution in [3.63, 3.8) is 0 Å². The standard InChI is InChI=1S/C19H30N4O2/c1-3-23-16(8-10-20-23)6-7-19(24)21-18-9-11-22(13-15(18)2)14-17-5-4-12-25-17/h6-8,10,15,17-18H,3-5,9,11-14H2,1-2H3,(H,21,24). The average molecular weight is 346 g/mol. The van der Waals surface area contributed by atoms with E-state index in [0.29, 0.717) is 12.0 Å². The molecule has 1 aromatic rings. The molecule has 1 amide bonds. The van der Waals surface area contributed by atoms with Gasteiger partial charge in [-0.2, -0.15) is 5.10 Å². The number of carbonyl (C=O) groups is 1. The van der Waals surface area contributed by atoms with E-state index in [1.807, 2.05) is 23.7 Å². The maximum absolute atomic E-state index is 12.3. The maximum Gasteiger partial charge on any atom is 0.244 e. The lowest BCUT2D eigenvalue weighted by molar-refractivity contribution is -0.117. The molecule has 0 spiro atoms. The normalized spacial score (nSPS) is 27.8. The molecule has 2 aliphatic rings. The second-order valence-electron chi connectivity index (χ2n) is 7.18. The van der Waals surface area contributed by atoms with Crippen LogP contribution in [0.2, 0.25) is 0 Å². The van der Waals surface area contributed by atoms with Crippen LogP contribution in [-0.4, -0.2) is 59.0 Å². The van der Waals surface area contributed by atoms with Gasteiger partial charge in [0.1, 0.15) is 0 Å². The Kier molecular flexibility index (Phi) is 6.26. The second-order valence-corrected chi connectivity index (χ2v) is 7.18. The first-order valence-corrected chi connectivity index (χ1v) is 9.50. The van der Waals surface area contributed by atoms with Gasteiger partial charge in [0.25, 0.3) is 0 Å². The molecule has 3 unspecified atom stereocenters. The zero-order chi connectivity index (χ0) is 17.6. The fourth-order valence-electron chi connectivity index (χ4n) is 3.83. The molecule has 3 atom stereocenters. The quantitative estimate of drug-likeness (QED) is 0.800. The number of nitrogens with zero attached hydrogens (tertiary/aromatic N) is 3. The zero-order valence-corrected chi connectivity index (χ0v) is 15.4. The number of ether oxygens (including phenoxy) is 1. The summed E-state index contributed by atoms with van der Waals surface area (Å²) in [7, 11) is 0. The van der Waals surface area contributed by atoms with Gasteiger partial charge in [-0.05, 0) is 44.2 Å². The van der Waals surface area contributed by atoms with Gasteiger partial charge in [-0.25, -0.2) is 0 Å². The Balaban J connectivity index is 1.45. The lowest BCUT2D eigenvalue weighted by Gasteiger charge is -2.38. The maximum atomic E-state index is 12.3. The lowest BCUT2D eigenvalue weighted by atomic mass is 9.93. The highest BCUT2D eigenvalue weighted by atomic mass is 16.5. The smallest absolute Gasteiger partial charge is 0.244 e. The number of aryl methyl sites for hydroxylation is 1. The Morgan fingerprint density at radius 1 is 1.48 bits per heavy atom. The van der Waals surface area contributed by atoms with Gasteiger partial charge in [0.15, 0.2) is 0 Å². The summed E-state index contributed by atoms with van der Waals surface area (Å²) < 4.78 is 7.61. The van der Waals surface area contributed by atoms with Gasteiger partial charge in [-0.1, -0.05) is 6.92 Å². The Bertz CT molecular complexity index is 592. The molecule has 25 heavy (non-hydrogen) atoms. The SMILES string of the molecule is CCn1nccc1C=CC(=O)NC1CCN(CC2CCCO2)CC1C. The molecule has 2 aliphatic heterocycles. The third kappa shape index (κ3) is 4.92. The summed E-state index contributed by atoms with van der Waals surface area (Å²) in [6.07, 6.45) is 9.00. The molecular formula is C19H30N4O2. The van der Waals surface area contributed by atoms with Crippen LogP contribution in [0.25, 0.3) is 6.08 Å². The van der Waals surface area contributed by atoms with Crippen LogP contribution >= 0.6 is 0 Å². The third-order valence-corrected chi connectivity index (χ3v) is 5.26. The summed E-state index contributed by atoms with van der Waals surface area (Å²) >= 11 is 0. The van der Waals surface area contributed by atoms with Crippen molar-refractivity contribution in [2.24, 2.45) is 5.92 Å². The van der Waals surface area contributed by atoms with Crippen LogP contribution in [0.4, 0.5) is 0 Å². The van der Waals surface area contributed by atoms with E-state index in [1.54, 1.807) is 12.3 Å². The molecule has 2 fully saturated rings. The van der Waals surface area contributed by atoms with E-state index < -0.39 is 0 Å². The summed E-state index contributed by atoms with van der Waals surface area (Å²) in [5.74, 6) is 0.432. The number of carbonyl (C=O) groups excluding carboxylic acids is 1. The van der Waals surface area contributed by atoms with E-state index >= 15 is 0 Å². The van der Waals surface area contributed by atoms with Crippen molar-refractivity contribution >= 4 is 12.0 Å². The van der Waals surface area contributed by atoms with Crippen LogP contribution in [0.1, 0.15) is 38.8 Å². The molecule has 6 heteroatoms. The number of hydrogen-bond donors (Lipinski definition) is 1. The highest BCUT2D eigenvalue weighted by Crippen LogP contribution is 2.20. The van der Waals surface area contributed by atoms with E-state index in [-0.39, 0.29) is 11.9 Å². The summed E-state index contributed by atoms with van der Waals surface area (Å²) in [5.41, 5.74) is 0.956. The topological polar surface area (TPSA) is 59.4 Å². The molecule has 1 aromatic heterocycles. The number of aromatic nitrogens is 2. The molecule has 6 nitrogen and oxygen atoms in total. The number of rotatable bonds is 6. The van der Waals surface area contributed by atoms with E-state index in [1.165, 1.54) is 12.8 Å². The molecule has 1 N–H and O–H groups in total. The largest absolute Gasteiger partial charge is 0.377 e. The predicted molar refractivity (Wildman–Crippen MR) is 98.1 cm³/mol. The van der Waals surface area contributed by atoms with Gasteiger partial charge in [0.2, 0.25) is 5.91 Å². The number of amides is 1. The van der Waals surface area contributed by atoms with Gasteiger partial charge < -0.3 is 15.0 Å². The number of piperidine rings is 1. The number of nitrogens with one attached hydrogen (secondary N) is 1. The van der Waals surface area contributed by atoms with Crippen molar-refractivity contribution in [3.05, 3.63) is 24.0 Å². The van der Waals surface area contributed by atoms with Crippen molar-refractivity contribution < 1.29 is 9.53 Å². The molecule has 3 rings (SSSR count). The van der Waals surface area contributed by atoms with E-state index in [0.717, 1.165) is 44.9 Å². The molecule has 3 heterocycles. The van der Waals surface area contributed by atoms with E-state index in [4.69, 9.17) is 4.74 Å². The second kappa shape index (κ2) is 8.63. The third-order valence-electron chi connectivity index (χ3n) is 5.26. The van der Waals surface area contributed by atoms with E-state index in [9.17, 15) is 4.79 Å². The Morgan fingerprint density at radius 2 is 2.36 bits per heavy atom. The molecule has 0 aromatic carbocycles. The van der Waals surface area contributed by atoms with Crippen LogP contribution in [-0.2, 0) is 16.1 Å². The van der Waals surface area contributed by atoms with Gasteiger partial charge >= 0.3 is 0 Å². The van der Waals surface area contributed by atoms with Gasteiger partial charge in [0.05, 0.1) is 11.8 Å². The molecule has 0 radical (unpaired) electrons. The fourth-order valence-corrected chi connectivity index (χ4v) is 3.83. The molecule has 0 saturated carbocycles. The van der Waals surface area contributed by atoms with Crippen LogP contribution in [0.5, 0.6) is 0 Å². The summed E-state index contributed by atoms with van der Waals surface area (Å²) in [5, 5.41) is 7.38. The summed E-state index contributed by atoms with van der Waals surface area (Å²) in [6.45, 7) is 9.06. The highest BCUT2D eigenvalue weighted by Gasteiger charge is 2.29. The van der Waals surface area contributed by atoms with Crippen molar-refractivity contribution in [1.82, 2.24) is 20.0 Å². The minimum atomic E-state index is -0.0201. The van der Waals surface area contributed by atoms with Gasteiger partial charge in [-0.3, -0.25) is 9.48 Å². The van der Waals surface area contributed by atoms with Crippen molar-refractivity contribution in [1.29, 1.82) is 0 Å². The average Bonchev–Trinajstić information content (AvgIpc) is 3.26. The van der Waals surface area contributed by atoms with Crippen molar-refractivity contribution in [3.8, 4) is 0 Å². The van der Waals surface area contributed by atoms with Crippen LogP contribution < -0.4 is 5.32 Å². The molecular weight excluding hydrogens is 316 g/mol. The minimum Gasteiger partial charge on any atom is -0.377 e. The fraction of sp³-hybridized carbons (Fsp3) is 0.684. The van der Waals surface area contributed by atoms with Gasteiger partial charge in [0, 0.05) is 51.1 Å². The van der Waals surface area contributed by atoms with Crippen LogP contribution in [0.15, 0.2) is 18.3 Å². The predicted octanol–water partition coefficient (Wildman–Crippen LogP) is 1.92. The lowest BCUT2D eigenvalue weighted by Crippen LogP contribution is -2.51. The van der Waals surface area contributed by atoms with Crippen LogP contribution in [0.3, 0.4) is 0 Å². The first-order chi connectivity index (χ1) is 12.2.